The molecule has 0 radical (unpaired) electrons. The smallest absolute Gasteiger partial charge is 0.380 e. The topological polar surface area (TPSA) is 43.8 Å². The van der Waals surface area contributed by atoms with Gasteiger partial charge in [-0.15, -0.1) is 0 Å². The van der Waals surface area contributed by atoms with Gasteiger partial charge in [0.1, 0.15) is 0 Å². The van der Waals surface area contributed by atoms with Gasteiger partial charge in [0.25, 0.3) is 0 Å². The van der Waals surface area contributed by atoms with E-state index in [1.807, 2.05) is 0 Å². The molecule has 2 heterocycles. The van der Waals surface area contributed by atoms with Crippen molar-refractivity contribution in [3.63, 3.8) is 0 Å². The van der Waals surface area contributed by atoms with Gasteiger partial charge in [-0.25, -0.2) is 0 Å². The average molecular weight is 280 g/mol. The van der Waals surface area contributed by atoms with Crippen molar-refractivity contribution in [1.82, 2.24) is 9.80 Å². The Kier molecular flexibility index (Phi) is 4.06. The van der Waals surface area contributed by atoms with E-state index in [-0.39, 0.29) is 38.4 Å². The molecule has 110 valence electrons. The number of piperidine rings is 1. The summed E-state index contributed by atoms with van der Waals surface area (Å²) in [7, 11) is 0. The van der Waals surface area contributed by atoms with Crippen molar-refractivity contribution >= 4 is 5.91 Å². The lowest BCUT2D eigenvalue weighted by Gasteiger charge is -2.39. The largest absolute Gasteiger partial charge is 0.417 e. The zero-order valence-corrected chi connectivity index (χ0v) is 10.7. The molecule has 2 aliphatic heterocycles. The Hall–Kier alpha value is -0.820. The number of nitrogens with zero attached hydrogens (tertiary/aromatic N) is 2. The van der Waals surface area contributed by atoms with Crippen molar-refractivity contribution in [2.75, 3.05) is 32.7 Å². The number of hydrogen-bond donors (Lipinski definition) is 1. The second-order valence-corrected chi connectivity index (χ2v) is 5.39. The molecule has 0 unspecified atom stereocenters. The molecule has 0 spiro atoms. The van der Waals surface area contributed by atoms with Gasteiger partial charge in [0.15, 0.2) is 5.60 Å². The minimum atomic E-state index is -4.59. The molecular weight excluding hydrogens is 261 g/mol. The highest BCUT2D eigenvalue weighted by molar-refractivity contribution is 5.78. The molecule has 19 heavy (non-hydrogen) atoms. The summed E-state index contributed by atoms with van der Waals surface area (Å²) in [6, 6.07) is 0. The number of alkyl halides is 3. The van der Waals surface area contributed by atoms with Crippen molar-refractivity contribution in [3.05, 3.63) is 0 Å². The number of hydrogen-bond acceptors (Lipinski definition) is 3. The van der Waals surface area contributed by atoms with Gasteiger partial charge in [-0.2, -0.15) is 13.2 Å². The summed E-state index contributed by atoms with van der Waals surface area (Å²) in [5.41, 5.74) is -2.58. The molecule has 2 fully saturated rings. The molecule has 1 N–H and O–H groups in total. The van der Waals surface area contributed by atoms with Gasteiger partial charge in [0, 0.05) is 26.2 Å². The van der Waals surface area contributed by atoms with Crippen LogP contribution in [0.1, 0.15) is 25.7 Å². The fourth-order valence-corrected chi connectivity index (χ4v) is 2.62. The number of likely N-dealkylation sites (tertiary alicyclic amines) is 2. The summed E-state index contributed by atoms with van der Waals surface area (Å²) in [4.78, 5) is 15.3. The normalized spacial score (nSPS) is 24.7. The summed E-state index contributed by atoms with van der Waals surface area (Å²) in [6.07, 6.45) is -3.30. The quantitative estimate of drug-likeness (QED) is 0.820. The van der Waals surface area contributed by atoms with Crippen molar-refractivity contribution in [3.8, 4) is 0 Å². The number of carbonyl (C=O) groups is 1. The van der Waals surface area contributed by atoms with Gasteiger partial charge < -0.3 is 10.0 Å². The van der Waals surface area contributed by atoms with E-state index in [4.69, 9.17) is 0 Å². The van der Waals surface area contributed by atoms with Gasteiger partial charge in [0.2, 0.25) is 5.91 Å². The molecule has 2 rings (SSSR count). The molecule has 0 bridgehead atoms. The molecular formula is C12H19F3N2O2. The molecule has 0 aromatic carbocycles. The van der Waals surface area contributed by atoms with Crippen LogP contribution in [0.15, 0.2) is 0 Å². The number of rotatable bonds is 2. The highest BCUT2D eigenvalue weighted by Crippen LogP contribution is 2.38. The Balaban J connectivity index is 1.82. The number of amides is 1. The van der Waals surface area contributed by atoms with Crippen LogP contribution in [-0.2, 0) is 4.79 Å². The van der Waals surface area contributed by atoms with Gasteiger partial charge in [-0.1, -0.05) is 0 Å². The highest BCUT2D eigenvalue weighted by atomic mass is 19.4. The average Bonchev–Trinajstić information content (AvgIpc) is 2.84. The lowest BCUT2D eigenvalue weighted by atomic mass is 9.91. The highest BCUT2D eigenvalue weighted by Gasteiger charge is 2.54. The minimum absolute atomic E-state index is 0.0186. The third-order valence-corrected chi connectivity index (χ3v) is 4.03. The predicted octanol–water partition coefficient (Wildman–Crippen LogP) is 0.998. The Morgan fingerprint density at radius 2 is 1.63 bits per heavy atom. The molecule has 0 aromatic heterocycles. The maximum absolute atomic E-state index is 12.6. The van der Waals surface area contributed by atoms with E-state index in [1.54, 1.807) is 9.80 Å². The van der Waals surface area contributed by atoms with Crippen LogP contribution in [0.4, 0.5) is 13.2 Å². The number of halogens is 3. The first-order valence-corrected chi connectivity index (χ1v) is 6.61. The van der Waals surface area contributed by atoms with Crippen LogP contribution in [0.5, 0.6) is 0 Å². The third-order valence-electron chi connectivity index (χ3n) is 4.03. The van der Waals surface area contributed by atoms with Crippen molar-refractivity contribution in [2.24, 2.45) is 0 Å². The zero-order valence-electron chi connectivity index (χ0n) is 10.7. The van der Waals surface area contributed by atoms with Crippen LogP contribution < -0.4 is 0 Å². The van der Waals surface area contributed by atoms with Gasteiger partial charge in [-0.05, 0) is 25.7 Å². The first kappa shape index (κ1) is 14.6. The number of aliphatic hydroxyl groups is 1. The standard InChI is InChI=1S/C12H19F3N2O2/c13-12(14,15)11(19)3-7-16(8-4-11)9-10(18)17-5-1-2-6-17/h19H,1-9H2. The van der Waals surface area contributed by atoms with Crippen LogP contribution in [0.2, 0.25) is 0 Å². The van der Waals surface area contributed by atoms with E-state index in [2.05, 4.69) is 0 Å². The summed E-state index contributed by atoms with van der Waals surface area (Å²) < 4.78 is 37.9. The Morgan fingerprint density at radius 1 is 1.11 bits per heavy atom. The molecule has 0 atom stereocenters. The summed E-state index contributed by atoms with van der Waals surface area (Å²) in [5.74, 6) is -0.0186. The summed E-state index contributed by atoms with van der Waals surface area (Å²) in [6.45, 7) is 1.87. The molecule has 4 nitrogen and oxygen atoms in total. The second kappa shape index (κ2) is 5.28. The maximum Gasteiger partial charge on any atom is 0.417 e. The van der Waals surface area contributed by atoms with E-state index < -0.39 is 11.8 Å². The van der Waals surface area contributed by atoms with Crippen molar-refractivity contribution < 1.29 is 23.1 Å². The van der Waals surface area contributed by atoms with Crippen LogP contribution in [0.3, 0.4) is 0 Å². The molecule has 2 aliphatic rings. The Labute approximate surface area is 110 Å². The third kappa shape index (κ3) is 3.20. The molecule has 7 heteroatoms. The molecule has 0 aliphatic carbocycles. The Bertz CT molecular complexity index is 332. The first-order valence-electron chi connectivity index (χ1n) is 6.61. The molecule has 1 amide bonds. The van der Waals surface area contributed by atoms with E-state index in [9.17, 15) is 23.1 Å². The van der Waals surface area contributed by atoms with E-state index >= 15 is 0 Å². The van der Waals surface area contributed by atoms with Gasteiger partial charge in [-0.3, -0.25) is 9.69 Å². The fraction of sp³-hybridized carbons (Fsp3) is 0.917. The van der Waals surface area contributed by atoms with Crippen LogP contribution in [0, 0.1) is 0 Å². The SMILES string of the molecule is O=C(CN1CCC(O)(C(F)(F)F)CC1)N1CCCC1. The maximum atomic E-state index is 12.6. The van der Waals surface area contributed by atoms with Crippen molar-refractivity contribution in [1.29, 1.82) is 0 Å². The first-order chi connectivity index (χ1) is 8.82. The van der Waals surface area contributed by atoms with Gasteiger partial charge in [0.05, 0.1) is 6.54 Å². The van der Waals surface area contributed by atoms with Crippen molar-refractivity contribution in [2.45, 2.75) is 37.5 Å². The van der Waals surface area contributed by atoms with Gasteiger partial charge >= 0.3 is 6.18 Å². The fourth-order valence-electron chi connectivity index (χ4n) is 2.62. The lowest BCUT2D eigenvalue weighted by Crippen LogP contribution is -2.54. The molecule has 0 aromatic rings. The van der Waals surface area contributed by atoms with E-state index in [0.29, 0.717) is 0 Å². The minimum Gasteiger partial charge on any atom is -0.380 e. The van der Waals surface area contributed by atoms with Crippen LogP contribution in [0.25, 0.3) is 0 Å². The summed E-state index contributed by atoms with van der Waals surface area (Å²) >= 11 is 0. The second-order valence-electron chi connectivity index (χ2n) is 5.39. The Morgan fingerprint density at radius 3 is 2.11 bits per heavy atom. The zero-order chi connectivity index (χ0) is 14.1. The van der Waals surface area contributed by atoms with Crippen LogP contribution in [-0.4, -0.2) is 65.3 Å². The predicted molar refractivity (Wildman–Crippen MR) is 62.5 cm³/mol. The number of carbonyl (C=O) groups excluding carboxylic acids is 1. The van der Waals surface area contributed by atoms with Crippen LogP contribution >= 0.6 is 0 Å². The van der Waals surface area contributed by atoms with E-state index in [1.165, 1.54) is 0 Å². The lowest BCUT2D eigenvalue weighted by molar-refractivity contribution is -0.272. The van der Waals surface area contributed by atoms with E-state index in [0.717, 1.165) is 25.9 Å². The summed E-state index contributed by atoms with van der Waals surface area (Å²) in [5, 5.41) is 9.52. The monoisotopic (exact) mass is 280 g/mol. The molecule has 0 saturated carbocycles. The molecule has 2 saturated heterocycles.